The van der Waals surface area contributed by atoms with Crippen molar-refractivity contribution in [3.05, 3.63) is 0 Å². The Kier molecular flexibility index (Phi) is 11.7. The van der Waals surface area contributed by atoms with Gasteiger partial charge in [0.1, 0.15) is 0 Å². The van der Waals surface area contributed by atoms with E-state index in [1.54, 1.807) is 7.11 Å². The highest BCUT2D eigenvalue weighted by Crippen LogP contribution is 1.78. The maximum atomic E-state index is 5.29. The molecule has 0 heterocycles. The zero-order chi connectivity index (χ0) is 9.78. The van der Waals surface area contributed by atoms with Crippen LogP contribution in [0.2, 0.25) is 0 Å². The predicted octanol–water partition coefficient (Wildman–Crippen LogP) is 0.522. The van der Waals surface area contributed by atoms with Gasteiger partial charge < -0.3 is 19.5 Å². The van der Waals surface area contributed by atoms with Gasteiger partial charge in [-0.2, -0.15) is 0 Å². The van der Waals surface area contributed by atoms with E-state index in [-0.39, 0.29) is 1.43 Å². The fourth-order valence-electron chi connectivity index (χ4n) is 0.785. The molecule has 0 amide bonds. The van der Waals surface area contributed by atoms with E-state index in [2.05, 4.69) is 12.2 Å². The van der Waals surface area contributed by atoms with E-state index in [0.29, 0.717) is 26.4 Å². The molecule has 82 valence electrons. The van der Waals surface area contributed by atoms with Crippen LogP contribution in [0, 0.1) is 0 Å². The summed E-state index contributed by atoms with van der Waals surface area (Å²) in [6.45, 7) is 7.34. The van der Waals surface area contributed by atoms with Gasteiger partial charge in [-0.25, -0.2) is 0 Å². The van der Waals surface area contributed by atoms with E-state index in [4.69, 9.17) is 14.2 Å². The van der Waals surface area contributed by atoms with E-state index in [1.807, 2.05) is 0 Å². The van der Waals surface area contributed by atoms with Gasteiger partial charge in [-0.1, -0.05) is 6.92 Å². The van der Waals surface area contributed by atoms with Crippen LogP contribution in [-0.2, 0) is 14.2 Å². The largest absolute Gasteiger partial charge is 0.382 e. The van der Waals surface area contributed by atoms with Gasteiger partial charge >= 0.3 is 0 Å². The lowest BCUT2D eigenvalue weighted by atomic mass is 10.6. The molecule has 0 unspecified atom stereocenters. The molecule has 0 aromatic rings. The highest BCUT2D eigenvalue weighted by atomic mass is 16.5. The normalized spacial score (nSPS) is 10.6. The third-order valence-corrected chi connectivity index (χ3v) is 1.48. The molecule has 1 N–H and O–H groups in total. The number of hydrogen-bond acceptors (Lipinski definition) is 4. The van der Waals surface area contributed by atoms with Crippen molar-refractivity contribution in [1.82, 2.24) is 5.32 Å². The highest BCUT2D eigenvalue weighted by Gasteiger charge is 1.89. The molecule has 0 saturated heterocycles. The molecular weight excluding hydrogens is 170 g/mol. The van der Waals surface area contributed by atoms with Gasteiger partial charge in [0.25, 0.3) is 0 Å². The summed E-state index contributed by atoms with van der Waals surface area (Å²) in [4.78, 5) is 0. The first kappa shape index (κ1) is 12.8. The second-order valence-corrected chi connectivity index (χ2v) is 2.57. The second-order valence-electron chi connectivity index (χ2n) is 2.57. The van der Waals surface area contributed by atoms with Gasteiger partial charge in [0.2, 0.25) is 0 Å². The fraction of sp³-hybridized carbons (Fsp3) is 1.00. The Morgan fingerprint density at radius 3 is 2.23 bits per heavy atom. The Bertz CT molecular complexity index is 86.1. The van der Waals surface area contributed by atoms with Crippen LogP contribution in [0.4, 0.5) is 0 Å². The molecule has 4 nitrogen and oxygen atoms in total. The summed E-state index contributed by atoms with van der Waals surface area (Å²) in [7, 11) is 1.66. The Balaban J connectivity index is 0. The summed E-state index contributed by atoms with van der Waals surface area (Å²) in [5.41, 5.74) is 0. The zero-order valence-corrected chi connectivity index (χ0v) is 8.67. The van der Waals surface area contributed by atoms with Crippen molar-refractivity contribution in [2.45, 2.75) is 6.92 Å². The standard InChI is InChI=1S/C9H21NO3.H2/c1-3-10-4-5-12-8-9-13-7-6-11-2;/h10H,3-9H2,1-2H3;1H. The average Bonchev–Trinajstić information content (AvgIpc) is 2.16. The van der Waals surface area contributed by atoms with Crippen molar-refractivity contribution in [2.75, 3.05) is 53.2 Å². The average molecular weight is 193 g/mol. The summed E-state index contributed by atoms with van der Waals surface area (Å²) < 4.78 is 15.3. The van der Waals surface area contributed by atoms with Gasteiger partial charge in [-0.3, -0.25) is 0 Å². The van der Waals surface area contributed by atoms with Gasteiger partial charge in [-0.05, 0) is 6.54 Å². The lowest BCUT2D eigenvalue weighted by Gasteiger charge is -2.05. The van der Waals surface area contributed by atoms with Crippen molar-refractivity contribution >= 4 is 0 Å². The maximum absolute atomic E-state index is 5.29. The van der Waals surface area contributed by atoms with E-state index in [1.165, 1.54) is 0 Å². The van der Waals surface area contributed by atoms with Crippen LogP contribution in [0.5, 0.6) is 0 Å². The Morgan fingerprint density at radius 1 is 1.00 bits per heavy atom. The summed E-state index contributed by atoms with van der Waals surface area (Å²) in [6, 6.07) is 0. The number of methoxy groups -OCH3 is 1. The Labute approximate surface area is 82.0 Å². The molecule has 0 aliphatic heterocycles. The minimum Gasteiger partial charge on any atom is -0.382 e. The molecule has 0 radical (unpaired) electrons. The quantitative estimate of drug-likeness (QED) is 0.514. The van der Waals surface area contributed by atoms with Crippen molar-refractivity contribution < 1.29 is 15.6 Å². The first-order valence-corrected chi connectivity index (χ1v) is 4.77. The van der Waals surface area contributed by atoms with Gasteiger partial charge in [-0.15, -0.1) is 0 Å². The molecule has 0 atom stereocenters. The van der Waals surface area contributed by atoms with Gasteiger partial charge in [0.15, 0.2) is 0 Å². The molecule has 0 rings (SSSR count). The molecule has 13 heavy (non-hydrogen) atoms. The van der Waals surface area contributed by atoms with Crippen LogP contribution < -0.4 is 5.32 Å². The summed E-state index contributed by atoms with van der Waals surface area (Å²) in [6.07, 6.45) is 0. The van der Waals surface area contributed by atoms with Crippen molar-refractivity contribution in [2.24, 2.45) is 0 Å². The third-order valence-electron chi connectivity index (χ3n) is 1.48. The van der Waals surface area contributed by atoms with Crippen LogP contribution in [0.1, 0.15) is 8.35 Å². The minimum atomic E-state index is 0. The third kappa shape index (κ3) is 11.8. The molecule has 0 aliphatic carbocycles. The molecule has 0 bridgehead atoms. The highest BCUT2D eigenvalue weighted by molar-refractivity contribution is 4.40. The number of hydrogen-bond donors (Lipinski definition) is 1. The summed E-state index contributed by atoms with van der Waals surface area (Å²) >= 11 is 0. The number of likely N-dealkylation sites (N-methyl/N-ethyl adjacent to an activating group) is 1. The second kappa shape index (κ2) is 11.8. The van der Waals surface area contributed by atoms with Crippen LogP contribution in [0.3, 0.4) is 0 Å². The molecule has 4 heteroatoms. The first-order valence-electron chi connectivity index (χ1n) is 4.77. The van der Waals surface area contributed by atoms with Gasteiger partial charge in [0, 0.05) is 15.1 Å². The van der Waals surface area contributed by atoms with E-state index < -0.39 is 0 Å². The summed E-state index contributed by atoms with van der Waals surface area (Å²) in [5, 5.41) is 3.17. The number of ether oxygens (including phenoxy) is 3. The molecule has 0 aliphatic rings. The summed E-state index contributed by atoms with van der Waals surface area (Å²) in [5.74, 6) is 0. The predicted molar refractivity (Wildman–Crippen MR) is 54.2 cm³/mol. The molecule has 0 spiro atoms. The number of nitrogens with one attached hydrogen (secondary N) is 1. The Hall–Kier alpha value is -0.160. The van der Waals surface area contributed by atoms with Crippen LogP contribution in [0.15, 0.2) is 0 Å². The van der Waals surface area contributed by atoms with E-state index >= 15 is 0 Å². The number of rotatable bonds is 10. The van der Waals surface area contributed by atoms with Crippen LogP contribution in [0.25, 0.3) is 0 Å². The van der Waals surface area contributed by atoms with E-state index in [9.17, 15) is 0 Å². The van der Waals surface area contributed by atoms with Crippen molar-refractivity contribution in [3.63, 3.8) is 0 Å². The lowest BCUT2D eigenvalue weighted by molar-refractivity contribution is 0.0256. The smallest absolute Gasteiger partial charge is 0.0701 e. The molecular formula is C9H23NO3. The molecule has 0 saturated carbocycles. The van der Waals surface area contributed by atoms with E-state index in [0.717, 1.165) is 19.7 Å². The minimum absolute atomic E-state index is 0. The Morgan fingerprint density at radius 2 is 1.62 bits per heavy atom. The maximum Gasteiger partial charge on any atom is 0.0701 e. The monoisotopic (exact) mass is 193 g/mol. The zero-order valence-electron chi connectivity index (χ0n) is 8.67. The molecule has 0 fully saturated rings. The SMILES string of the molecule is CCNCCOCCOCCOC.[HH]. The lowest BCUT2D eigenvalue weighted by Crippen LogP contribution is -2.20. The molecule has 0 aromatic heterocycles. The van der Waals surface area contributed by atoms with Crippen LogP contribution >= 0.6 is 0 Å². The van der Waals surface area contributed by atoms with Gasteiger partial charge in [0.05, 0.1) is 33.0 Å². The fourth-order valence-corrected chi connectivity index (χ4v) is 0.785. The van der Waals surface area contributed by atoms with Crippen LogP contribution in [-0.4, -0.2) is 53.2 Å². The van der Waals surface area contributed by atoms with Crippen molar-refractivity contribution in [1.29, 1.82) is 0 Å². The van der Waals surface area contributed by atoms with Crippen molar-refractivity contribution in [3.8, 4) is 0 Å². The first-order chi connectivity index (χ1) is 6.41. The molecule has 0 aromatic carbocycles. The topological polar surface area (TPSA) is 39.7 Å².